The molecule has 7 nitrogen and oxygen atoms in total. The van der Waals surface area contributed by atoms with Gasteiger partial charge in [0, 0.05) is 32.1 Å². The molecule has 0 spiro atoms. The number of amides is 2. The Morgan fingerprint density at radius 1 is 1.44 bits per heavy atom. The number of hydrogen-bond acceptors (Lipinski definition) is 4. The van der Waals surface area contributed by atoms with E-state index in [0.29, 0.717) is 21.9 Å². The van der Waals surface area contributed by atoms with Crippen LogP contribution in [-0.2, 0) is 16.6 Å². The van der Waals surface area contributed by atoms with Crippen molar-refractivity contribution in [3.8, 4) is 5.75 Å². The smallest absolute Gasteiger partial charge is 0.237 e. The summed E-state index contributed by atoms with van der Waals surface area (Å²) in [4.78, 5) is 27.1. The molecule has 0 saturated carbocycles. The number of methoxy groups -OCH3 is 1. The van der Waals surface area contributed by atoms with Gasteiger partial charge in [0.2, 0.25) is 11.8 Å². The molecule has 0 unspecified atom stereocenters. The van der Waals surface area contributed by atoms with Gasteiger partial charge < -0.3 is 15.0 Å². The number of carbonyl (C=O) groups is 2. The fourth-order valence-corrected chi connectivity index (χ4v) is 4.37. The largest absolute Gasteiger partial charge is 0.492 e. The van der Waals surface area contributed by atoms with Crippen LogP contribution in [0.4, 0.5) is 10.1 Å². The number of anilines is 1. The van der Waals surface area contributed by atoms with Crippen molar-refractivity contribution in [2.75, 3.05) is 26.0 Å². The Labute approximate surface area is 168 Å². The third kappa shape index (κ3) is 3.41. The van der Waals surface area contributed by atoms with E-state index in [1.807, 2.05) is 0 Å². The highest BCUT2D eigenvalue weighted by atomic mass is 79.9. The monoisotopic (exact) mass is 458 g/mol. The summed E-state index contributed by atoms with van der Waals surface area (Å²) in [7, 11) is 4.59. The number of hydrogen-bond donors (Lipinski definition) is 1. The molecule has 2 aromatic rings. The minimum Gasteiger partial charge on any atom is -0.492 e. The van der Waals surface area contributed by atoms with E-state index >= 15 is 0 Å². The third-order valence-electron chi connectivity index (χ3n) is 4.56. The van der Waals surface area contributed by atoms with Gasteiger partial charge in [-0.25, -0.2) is 4.39 Å². The van der Waals surface area contributed by atoms with Crippen molar-refractivity contribution in [2.24, 2.45) is 13.0 Å². The summed E-state index contributed by atoms with van der Waals surface area (Å²) in [5.74, 6) is -3.15. The minimum atomic E-state index is -1.03. The lowest BCUT2D eigenvalue weighted by molar-refractivity contribution is -0.135. The molecule has 2 heterocycles. The lowest BCUT2D eigenvalue weighted by Crippen LogP contribution is -2.33. The molecule has 3 rings (SSSR count). The number of likely N-dealkylation sites (tertiary alicyclic amines) is 1. The molecular formula is C17H17BrClFN4O3. The molecule has 1 fully saturated rings. The second kappa shape index (κ2) is 7.47. The molecule has 1 aromatic carbocycles. The number of ether oxygens (including phenoxy) is 1. The molecule has 144 valence electrons. The van der Waals surface area contributed by atoms with Crippen molar-refractivity contribution >= 4 is 45.0 Å². The van der Waals surface area contributed by atoms with Crippen LogP contribution < -0.4 is 10.1 Å². The van der Waals surface area contributed by atoms with Crippen molar-refractivity contribution in [3.63, 3.8) is 0 Å². The van der Waals surface area contributed by atoms with Crippen LogP contribution in [0, 0.1) is 11.7 Å². The Morgan fingerprint density at radius 3 is 2.74 bits per heavy atom. The van der Waals surface area contributed by atoms with E-state index in [4.69, 9.17) is 16.3 Å². The van der Waals surface area contributed by atoms with E-state index in [-0.39, 0.29) is 17.3 Å². The van der Waals surface area contributed by atoms with Crippen LogP contribution in [0.3, 0.4) is 0 Å². The summed E-state index contributed by atoms with van der Waals surface area (Å²) < 4.78 is 20.8. The van der Waals surface area contributed by atoms with Crippen molar-refractivity contribution in [1.82, 2.24) is 14.7 Å². The first-order valence-corrected chi connectivity index (χ1v) is 9.19. The van der Waals surface area contributed by atoms with E-state index in [1.54, 1.807) is 14.1 Å². The molecule has 1 aliphatic heterocycles. The third-order valence-corrected chi connectivity index (χ3v) is 5.60. The van der Waals surface area contributed by atoms with Gasteiger partial charge in [0.1, 0.15) is 15.7 Å². The summed E-state index contributed by atoms with van der Waals surface area (Å²) in [6.07, 6.45) is 0. The molecule has 0 bridgehead atoms. The molecule has 1 aromatic heterocycles. The van der Waals surface area contributed by atoms with Gasteiger partial charge in [0.05, 0.1) is 12.8 Å². The number of para-hydroxylation sites is 1. The predicted octanol–water partition coefficient (Wildman–Crippen LogP) is 2.79. The van der Waals surface area contributed by atoms with Gasteiger partial charge in [-0.05, 0) is 28.1 Å². The maximum absolute atomic E-state index is 13.9. The van der Waals surface area contributed by atoms with Crippen molar-refractivity contribution < 1.29 is 18.7 Å². The quantitative estimate of drug-likeness (QED) is 0.714. The zero-order chi connectivity index (χ0) is 19.9. The Hall–Kier alpha value is -2.13. The SMILES string of the molecule is COc1c(F)cccc1NC(=O)[C@H]1C(=O)N(C)C[C@@H]1c1c(Br)nn(C)c1Cl. The molecule has 27 heavy (non-hydrogen) atoms. The van der Waals surface area contributed by atoms with Crippen LogP contribution in [0.2, 0.25) is 5.15 Å². The summed E-state index contributed by atoms with van der Waals surface area (Å²) >= 11 is 9.67. The van der Waals surface area contributed by atoms with Gasteiger partial charge >= 0.3 is 0 Å². The van der Waals surface area contributed by atoms with Gasteiger partial charge in [0.25, 0.3) is 0 Å². The second-order valence-electron chi connectivity index (χ2n) is 6.23. The van der Waals surface area contributed by atoms with Gasteiger partial charge in [-0.15, -0.1) is 0 Å². The van der Waals surface area contributed by atoms with E-state index in [2.05, 4.69) is 26.3 Å². The normalized spacial score (nSPS) is 19.5. The highest BCUT2D eigenvalue weighted by molar-refractivity contribution is 9.10. The fraction of sp³-hybridized carbons (Fsp3) is 0.353. The van der Waals surface area contributed by atoms with E-state index in [0.717, 1.165) is 0 Å². The predicted molar refractivity (Wildman–Crippen MR) is 101 cm³/mol. The van der Waals surface area contributed by atoms with Crippen LogP contribution >= 0.6 is 27.5 Å². The first kappa shape index (κ1) is 19.6. The molecule has 0 radical (unpaired) electrons. The highest BCUT2D eigenvalue weighted by Gasteiger charge is 2.46. The summed E-state index contributed by atoms with van der Waals surface area (Å²) in [5, 5.41) is 7.14. The van der Waals surface area contributed by atoms with E-state index in [1.165, 1.54) is 34.9 Å². The van der Waals surface area contributed by atoms with Crippen LogP contribution in [-0.4, -0.2) is 47.2 Å². The molecule has 1 N–H and O–H groups in total. The van der Waals surface area contributed by atoms with Crippen LogP contribution in [0.25, 0.3) is 0 Å². The number of benzene rings is 1. The summed E-state index contributed by atoms with van der Waals surface area (Å²) in [5.41, 5.74) is 0.739. The number of halogens is 3. The number of nitrogens with one attached hydrogen (secondary N) is 1. The van der Waals surface area contributed by atoms with E-state index in [9.17, 15) is 14.0 Å². The van der Waals surface area contributed by atoms with E-state index < -0.39 is 23.6 Å². The Balaban J connectivity index is 1.96. The first-order valence-electron chi connectivity index (χ1n) is 8.02. The molecular weight excluding hydrogens is 443 g/mol. The molecule has 1 aliphatic rings. The average Bonchev–Trinajstić information content (AvgIpc) is 3.03. The molecule has 2 amide bonds. The van der Waals surface area contributed by atoms with Crippen molar-refractivity contribution in [1.29, 1.82) is 0 Å². The Bertz CT molecular complexity index is 920. The average molecular weight is 460 g/mol. The summed E-state index contributed by atoms with van der Waals surface area (Å²) in [6, 6.07) is 4.17. The highest BCUT2D eigenvalue weighted by Crippen LogP contribution is 2.41. The van der Waals surface area contributed by atoms with Gasteiger partial charge in [-0.2, -0.15) is 5.10 Å². The fourth-order valence-electron chi connectivity index (χ4n) is 3.27. The topological polar surface area (TPSA) is 76.5 Å². The van der Waals surface area contributed by atoms with Crippen molar-refractivity contribution in [2.45, 2.75) is 5.92 Å². The second-order valence-corrected chi connectivity index (χ2v) is 7.34. The molecule has 10 heteroatoms. The van der Waals surface area contributed by atoms with Gasteiger partial charge in [-0.1, -0.05) is 17.7 Å². The number of aromatic nitrogens is 2. The molecule has 2 atom stereocenters. The first-order chi connectivity index (χ1) is 12.8. The number of rotatable bonds is 4. The Morgan fingerprint density at radius 2 is 2.15 bits per heavy atom. The van der Waals surface area contributed by atoms with Crippen molar-refractivity contribution in [3.05, 3.63) is 39.3 Å². The number of aryl methyl sites for hydroxylation is 1. The zero-order valence-electron chi connectivity index (χ0n) is 14.8. The number of carbonyl (C=O) groups excluding carboxylic acids is 2. The lowest BCUT2D eigenvalue weighted by atomic mass is 9.89. The molecule has 0 aliphatic carbocycles. The van der Waals surface area contributed by atoms with Gasteiger partial charge in [0.15, 0.2) is 11.6 Å². The van der Waals surface area contributed by atoms with Gasteiger partial charge in [-0.3, -0.25) is 14.3 Å². The van der Waals surface area contributed by atoms with Crippen LogP contribution in [0.1, 0.15) is 11.5 Å². The molecule has 1 saturated heterocycles. The summed E-state index contributed by atoms with van der Waals surface area (Å²) in [6.45, 7) is 0.307. The number of nitrogens with zero attached hydrogens (tertiary/aromatic N) is 3. The van der Waals surface area contributed by atoms with Crippen LogP contribution in [0.15, 0.2) is 22.8 Å². The Kier molecular flexibility index (Phi) is 5.43. The standard InChI is InChI=1S/C17H17BrClFN4O3/c1-23-7-8(11-14(18)22-24(2)15(11)19)12(17(23)26)16(25)21-10-6-4-5-9(20)13(10)27-3/h4-6,8,12H,7H2,1-3H3,(H,21,25)/t8-,12+/m1/s1. The van der Waals surface area contributed by atoms with Crippen LogP contribution in [0.5, 0.6) is 5.75 Å². The zero-order valence-corrected chi connectivity index (χ0v) is 17.1. The lowest BCUT2D eigenvalue weighted by Gasteiger charge is -2.17. The number of likely N-dealkylation sites (N-methyl/N-ethyl adjacent to an activating group) is 1. The maximum atomic E-state index is 13.9. The maximum Gasteiger partial charge on any atom is 0.237 e. The minimum absolute atomic E-state index is 0.0956.